The standard InChI is InChI=1S/C18H25N5O2/c1-13-10-21-23(11-13)14-6-5-7-20-15(14)18(17(2,3)4)12-19-8-9-22(18)16(24)25/h5-7,10-11,19H,8-9,12H2,1-4H3,(H,24,25). The van der Waals surface area contributed by atoms with Crippen molar-refractivity contribution >= 4 is 6.09 Å². The maximum Gasteiger partial charge on any atom is 0.408 e. The molecule has 1 fully saturated rings. The first-order chi connectivity index (χ1) is 11.8. The monoisotopic (exact) mass is 343 g/mol. The lowest BCUT2D eigenvalue weighted by Crippen LogP contribution is -2.66. The van der Waals surface area contributed by atoms with E-state index in [9.17, 15) is 9.90 Å². The molecule has 7 heteroatoms. The maximum absolute atomic E-state index is 12.1. The molecule has 2 aromatic heterocycles. The van der Waals surface area contributed by atoms with E-state index in [1.807, 2.05) is 25.3 Å². The third-order valence-electron chi connectivity index (χ3n) is 4.96. The van der Waals surface area contributed by atoms with Crippen LogP contribution in [0.3, 0.4) is 0 Å². The van der Waals surface area contributed by atoms with Gasteiger partial charge >= 0.3 is 6.09 Å². The van der Waals surface area contributed by atoms with Crippen molar-refractivity contribution in [2.45, 2.75) is 33.2 Å². The summed E-state index contributed by atoms with van der Waals surface area (Å²) in [7, 11) is 0. The molecule has 1 aliphatic heterocycles. The number of pyridine rings is 1. The number of rotatable bonds is 2. The molecule has 1 aliphatic rings. The molecule has 7 nitrogen and oxygen atoms in total. The van der Waals surface area contributed by atoms with Crippen LogP contribution in [0.2, 0.25) is 0 Å². The molecule has 1 saturated heterocycles. The Morgan fingerprint density at radius 1 is 1.40 bits per heavy atom. The highest BCUT2D eigenvalue weighted by Crippen LogP contribution is 2.46. The lowest BCUT2D eigenvalue weighted by Gasteiger charge is -2.53. The molecule has 0 bridgehead atoms. The third kappa shape index (κ3) is 2.78. The number of amides is 1. The van der Waals surface area contributed by atoms with Gasteiger partial charge in [-0.15, -0.1) is 0 Å². The van der Waals surface area contributed by atoms with Crippen molar-refractivity contribution in [2.75, 3.05) is 19.6 Å². The summed E-state index contributed by atoms with van der Waals surface area (Å²) in [5.41, 5.74) is 1.40. The Morgan fingerprint density at radius 2 is 2.16 bits per heavy atom. The Kier molecular flexibility index (Phi) is 4.28. The number of nitrogens with one attached hydrogen (secondary N) is 1. The van der Waals surface area contributed by atoms with Gasteiger partial charge in [0.25, 0.3) is 0 Å². The van der Waals surface area contributed by atoms with Crippen LogP contribution in [0.5, 0.6) is 0 Å². The lowest BCUT2D eigenvalue weighted by atomic mass is 9.68. The first kappa shape index (κ1) is 17.4. The molecule has 0 aromatic carbocycles. The van der Waals surface area contributed by atoms with Crippen LogP contribution in [0.25, 0.3) is 5.69 Å². The fourth-order valence-corrected chi connectivity index (χ4v) is 3.69. The molecule has 1 unspecified atom stereocenters. The minimum Gasteiger partial charge on any atom is -0.465 e. The lowest BCUT2D eigenvalue weighted by molar-refractivity contribution is -0.0213. The Labute approximate surface area is 147 Å². The van der Waals surface area contributed by atoms with Gasteiger partial charge in [-0.05, 0) is 30.0 Å². The number of piperazine rings is 1. The molecule has 2 N–H and O–H groups in total. The summed E-state index contributed by atoms with van der Waals surface area (Å²) >= 11 is 0. The summed E-state index contributed by atoms with van der Waals surface area (Å²) < 4.78 is 1.78. The third-order valence-corrected chi connectivity index (χ3v) is 4.96. The minimum absolute atomic E-state index is 0.371. The Balaban J connectivity index is 2.27. The van der Waals surface area contributed by atoms with E-state index in [4.69, 9.17) is 0 Å². The Hall–Kier alpha value is -2.41. The number of aryl methyl sites for hydroxylation is 1. The number of carbonyl (C=O) groups is 1. The highest BCUT2D eigenvalue weighted by molar-refractivity contribution is 5.68. The molecular weight excluding hydrogens is 318 g/mol. The van der Waals surface area contributed by atoms with Gasteiger partial charge in [0.2, 0.25) is 0 Å². The fourth-order valence-electron chi connectivity index (χ4n) is 3.69. The molecule has 1 amide bonds. The van der Waals surface area contributed by atoms with E-state index in [0.717, 1.165) is 16.9 Å². The largest absolute Gasteiger partial charge is 0.465 e. The summed E-state index contributed by atoms with van der Waals surface area (Å²) in [6.07, 6.45) is 4.51. The first-order valence-electron chi connectivity index (χ1n) is 8.46. The number of aromatic nitrogens is 3. The second kappa shape index (κ2) is 6.15. The average molecular weight is 343 g/mol. The van der Waals surface area contributed by atoms with Crippen LogP contribution >= 0.6 is 0 Å². The minimum atomic E-state index is -0.926. The van der Waals surface area contributed by atoms with Crippen molar-refractivity contribution in [1.82, 2.24) is 25.0 Å². The molecule has 0 radical (unpaired) electrons. The van der Waals surface area contributed by atoms with E-state index in [2.05, 4.69) is 36.2 Å². The quantitative estimate of drug-likeness (QED) is 0.875. The molecule has 25 heavy (non-hydrogen) atoms. The van der Waals surface area contributed by atoms with Crippen LogP contribution in [-0.2, 0) is 5.54 Å². The maximum atomic E-state index is 12.1. The molecule has 134 valence electrons. The zero-order valence-corrected chi connectivity index (χ0v) is 15.2. The first-order valence-corrected chi connectivity index (χ1v) is 8.46. The van der Waals surface area contributed by atoms with Crippen LogP contribution in [0.4, 0.5) is 4.79 Å². The van der Waals surface area contributed by atoms with Crippen LogP contribution < -0.4 is 5.32 Å². The van der Waals surface area contributed by atoms with Gasteiger partial charge in [0, 0.05) is 32.0 Å². The Bertz CT molecular complexity index is 780. The topological polar surface area (TPSA) is 83.3 Å². The zero-order chi connectivity index (χ0) is 18.2. The van der Waals surface area contributed by atoms with E-state index in [1.54, 1.807) is 17.1 Å². The van der Waals surface area contributed by atoms with E-state index >= 15 is 0 Å². The van der Waals surface area contributed by atoms with Crippen molar-refractivity contribution in [3.63, 3.8) is 0 Å². The summed E-state index contributed by atoms with van der Waals surface area (Å²) in [6, 6.07) is 3.80. The van der Waals surface area contributed by atoms with Gasteiger partial charge < -0.3 is 10.4 Å². The average Bonchev–Trinajstić information content (AvgIpc) is 3.00. The van der Waals surface area contributed by atoms with Crippen molar-refractivity contribution < 1.29 is 9.90 Å². The highest BCUT2D eigenvalue weighted by Gasteiger charge is 2.54. The number of carboxylic acid groups (broad SMARTS) is 1. The van der Waals surface area contributed by atoms with E-state index in [1.165, 1.54) is 4.90 Å². The van der Waals surface area contributed by atoms with Crippen LogP contribution in [0.1, 0.15) is 32.0 Å². The molecule has 3 heterocycles. The van der Waals surface area contributed by atoms with Gasteiger partial charge in [-0.2, -0.15) is 5.10 Å². The molecule has 1 atom stereocenters. The van der Waals surface area contributed by atoms with Crippen molar-refractivity contribution in [3.05, 3.63) is 42.0 Å². The normalized spacial score (nSPS) is 21.4. The van der Waals surface area contributed by atoms with Gasteiger partial charge in [0.15, 0.2) is 0 Å². The van der Waals surface area contributed by atoms with Gasteiger partial charge in [-0.25, -0.2) is 9.48 Å². The summed E-state index contributed by atoms with van der Waals surface area (Å²) in [5, 5.41) is 17.7. The number of nitrogens with zero attached hydrogens (tertiary/aromatic N) is 4. The predicted molar refractivity (Wildman–Crippen MR) is 94.8 cm³/mol. The molecule has 2 aromatic rings. The van der Waals surface area contributed by atoms with Gasteiger partial charge in [0.1, 0.15) is 5.54 Å². The van der Waals surface area contributed by atoms with Gasteiger partial charge in [-0.3, -0.25) is 9.88 Å². The van der Waals surface area contributed by atoms with E-state index in [-0.39, 0.29) is 5.41 Å². The Morgan fingerprint density at radius 3 is 2.76 bits per heavy atom. The van der Waals surface area contributed by atoms with E-state index < -0.39 is 11.6 Å². The van der Waals surface area contributed by atoms with Crippen molar-refractivity contribution in [2.24, 2.45) is 5.41 Å². The van der Waals surface area contributed by atoms with Gasteiger partial charge in [-0.1, -0.05) is 20.8 Å². The van der Waals surface area contributed by atoms with Gasteiger partial charge in [0.05, 0.1) is 17.6 Å². The second-order valence-corrected chi connectivity index (χ2v) is 7.55. The molecular formula is C18H25N5O2. The van der Waals surface area contributed by atoms with E-state index in [0.29, 0.717) is 19.6 Å². The smallest absolute Gasteiger partial charge is 0.408 e. The number of hydrogen-bond donors (Lipinski definition) is 2. The zero-order valence-electron chi connectivity index (χ0n) is 15.2. The molecule has 0 spiro atoms. The van der Waals surface area contributed by atoms with Crippen molar-refractivity contribution in [1.29, 1.82) is 0 Å². The predicted octanol–water partition coefficient (Wildman–Crippen LogP) is 2.40. The van der Waals surface area contributed by atoms with Crippen LogP contribution in [0, 0.1) is 12.3 Å². The molecule has 0 aliphatic carbocycles. The van der Waals surface area contributed by atoms with Crippen LogP contribution in [0.15, 0.2) is 30.7 Å². The molecule has 0 saturated carbocycles. The fraction of sp³-hybridized carbons (Fsp3) is 0.500. The second-order valence-electron chi connectivity index (χ2n) is 7.55. The van der Waals surface area contributed by atoms with Crippen molar-refractivity contribution in [3.8, 4) is 5.69 Å². The van der Waals surface area contributed by atoms with Crippen LogP contribution in [-0.4, -0.2) is 50.5 Å². The highest BCUT2D eigenvalue weighted by atomic mass is 16.4. The summed E-state index contributed by atoms with van der Waals surface area (Å²) in [5.74, 6) is 0. The summed E-state index contributed by atoms with van der Waals surface area (Å²) in [4.78, 5) is 18.3. The SMILES string of the molecule is Cc1cnn(-c2cccnc2C2(C(C)(C)C)CNCCN2C(=O)O)c1. The number of hydrogen-bond acceptors (Lipinski definition) is 4. The molecule has 3 rings (SSSR count). The summed E-state index contributed by atoms with van der Waals surface area (Å²) in [6.45, 7) is 9.71.